The number of carbonyl (C=O) groups excluding carboxylic acids is 3. The van der Waals surface area contributed by atoms with Crippen molar-refractivity contribution in [3.63, 3.8) is 0 Å². The lowest BCUT2D eigenvalue weighted by Gasteiger charge is -2.20. The number of hydrogen-bond acceptors (Lipinski definition) is 6. The lowest BCUT2D eigenvalue weighted by atomic mass is 10.1. The Balaban J connectivity index is 4.20. The molecule has 1 atom stereocenters. The molecule has 0 unspecified atom stereocenters. The van der Waals surface area contributed by atoms with Crippen LogP contribution >= 0.6 is 0 Å². The molecule has 0 aromatic heterocycles. The summed E-state index contributed by atoms with van der Waals surface area (Å²) in [5, 5.41) is 18.9. The van der Waals surface area contributed by atoms with Gasteiger partial charge in [0.1, 0.15) is 11.2 Å². The number of hydrogen-bond donors (Lipinski definition) is 5. The summed E-state index contributed by atoms with van der Waals surface area (Å²) in [5.41, 5.74) is -1.21. The highest BCUT2D eigenvalue weighted by Crippen LogP contribution is 2.07. The lowest BCUT2D eigenvalue weighted by molar-refractivity contribution is -0.121. The van der Waals surface area contributed by atoms with Gasteiger partial charge < -0.3 is 35.8 Å². The summed E-state index contributed by atoms with van der Waals surface area (Å²) in [6, 6.07) is -0.609. The van der Waals surface area contributed by atoms with Gasteiger partial charge in [-0.1, -0.05) is 0 Å². The monoisotopic (exact) mass is 432 g/mol. The molecular weight excluding hydrogens is 396 g/mol. The van der Waals surface area contributed by atoms with Gasteiger partial charge in [-0.15, -0.1) is 0 Å². The zero-order chi connectivity index (χ0) is 23.4. The van der Waals surface area contributed by atoms with Crippen molar-refractivity contribution in [2.45, 2.75) is 78.0 Å². The first-order valence-corrected chi connectivity index (χ1v) is 9.88. The molecule has 0 saturated carbocycles. The van der Waals surface area contributed by atoms with Crippen molar-refractivity contribution in [1.29, 1.82) is 0 Å². The van der Waals surface area contributed by atoms with Crippen LogP contribution in [0.5, 0.6) is 0 Å². The molecule has 11 heteroatoms. The molecule has 0 rings (SSSR count). The molecule has 0 fully saturated rings. The molecule has 0 aromatic carbocycles. The van der Waals surface area contributed by atoms with Crippen molar-refractivity contribution in [1.82, 2.24) is 21.3 Å². The summed E-state index contributed by atoms with van der Waals surface area (Å²) < 4.78 is 10.2. The first kappa shape index (κ1) is 27.3. The van der Waals surface area contributed by atoms with E-state index in [0.717, 1.165) is 0 Å². The van der Waals surface area contributed by atoms with Crippen molar-refractivity contribution in [2.24, 2.45) is 0 Å². The normalized spacial score (nSPS) is 12.3. The van der Waals surface area contributed by atoms with E-state index in [4.69, 9.17) is 14.6 Å². The number of carbonyl (C=O) groups is 4. The molecule has 0 saturated heterocycles. The standard InChI is InChI=1S/C19H36N4O7/c1-18(2,3)29-16(27)21-9-7-8-13(23-15(25)26)12-14(24)20-10-11-22-17(28)30-19(4,5)6/h13,23H,7-12H2,1-6H3,(H,20,24)(H,21,27)(H,22,28)(H,25,26)/t13-/m0/s1. The molecule has 0 aliphatic carbocycles. The van der Waals surface area contributed by atoms with Crippen LogP contribution in [0.2, 0.25) is 0 Å². The predicted molar refractivity (Wildman–Crippen MR) is 110 cm³/mol. The molecular formula is C19H36N4O7. The van der Waals surface area contributed by atoms with Gasteiger partial charge in [0.05, 0.1) is 0 Å². The van der Waals surface area contributed by atoms with Crippen LogP contribution in [0.4, 0.5) is 14.4 Å². The van der Waals surface area contributed by atoms with E-state index in [0.29, 0.717) is 12.8 Å². The molecule has 5 N–H and O–H groups in total. The summed E-state index contributed by atoms with van der Waals surface area (Å²) in [6.45, 7) is 11.1. The number of alkyl carbamates (subject to hydrolysis) is 2. The molecule has 30 heavy (non-hydrogen) atoms. The summed E-state index contributed by atoms with van der Waals surface area (Å²) in [4.78, 5) is 46.1. The maximum absolute atomic E-state index is 12.0. The van der Waals surface area contributed by atoms with Crippen LogP contribution < -0.4 is 21.3 Å². The zero-order valence-electron chi connectivity index (χ0n) is 18.7. The maximum Gasteiger partial charge on any atom is 0.407 e. The van der Waals surface area contributed by atoms with Crippen LogP contribution in [0.3, 0.4) is 0 Å². The fourth-order valence-corrected chi connectivity index (χ4v) is 2.23. The Morgan fingerprint density at radius 3 is 1.73 bits per heavy atom. The van der Waals surface area contributed by atoms with Crippen LogP contribution in [-0.2, 0) is 14.3 Å². The smallest absolute Gasteiger partial charge is 0.407 e. The highest BCUT2D eigenvalue weighted by atomic mass is 16.6. The molecule has 0 spiro atoms. The van der Waals surface area contributed by atoms with Crippen LogP contribution in [-0.4, -0.2) is 66.2 Å². The summed E-state index contributed by atoms with van der Waals surface area (Å²) >= 11 is 0. The van der Waals surface area contributed by atoms with Gasteiger partial charge >= 0.3 is 18.3 Å². The second-order valence-corrected chi connectivity index (χ2v) is 8.70. The Bertz CT molecular complexity index is 582. The van der Waals surface area contributed by atoms with Crippen LogP contribution in [0.1, 0.15) is 60.8 Å². The molecule has 0 aliphatic heterocycles. The van der Waals surface area contributed by atoms with E-state index in [1.165, 1.54) is 0 Å². The summed E-state index contributed by atoms with van der Waals surface area (Å²) in [5.74, 6) is -0.361. The van der Waals surface area contributed by atoms with Crippen molar-refractivity contribution in [3.8, 4) is 0 Å². The summed E-state index contributed by atoms with van der Waals surface area (Å²) in [7, 11) is 0. The maximum atomic E-state index is 12.0. The number of carboxylic acid groups (broad SMARTS) is 1. The van der Waals surface area contributed by atoms with Gasteiger partial charge in [0.15, 0.2) is 0 Å². The third-order valence-electron chi connectivity index (χ3n) is 3.27. The van der Waals surface area contributed by atoms with Crippen LogP contribution in [0.15, 0.2) is 0 Å². The second-order valence-electron chi connectivity index (χ2n) is 8.70. The van der Waals surface area contributed by atoms with Gasteiger partial charge in [0, 0.05) is 32.1 Å². The fourth-order valence-electron chi connectivity index (χ4n) is 2.23. The minimum Gasteiger partial charge on any atom is -0.465 e. The Morgan fingerprint density at radius 1 is 0.800 bits per heavy atom. The highest BCUT2D eigenvalue weighted by Gasteiger charge is 2.18. The van der Waals surface area contributed by atoms with Gasteiger partial charge in [-0.2, -0.15) is 0 Å². The number of amides is 4. The third kappa shape index (κ3) is 17.4. The van der Waals surface area contributed by atoms with E-state index in [9.17, 15) is 19.2 Å². The molecule has 0 heterocycles. The minimum absolute atomic E-state index is 0.0643. The van der Waals surface area contributed by atoms with Crippen molar-refractivity contribution in [2.75, 3.05) is 19.6 Å². The predicted octanol–water partition coefficient (Wildman–Crippen LogP) is 1.96. The molecule has 174 valence electrons. The first-order valence-electron chi connectivity index (χ1n) is 9.88. The topological polar surface area (TPSA) is 155 Å². The van der Waals surface area contributed by atoms with E-state index in [1.807, 2.05) is 0 Å². The number of rotatable bonds is 10. The van der Waals surface area contributed by atoms with Crippen LogP contribution in [0, 0.1) is 0 Å². The Morgan fingerprint density at radius 2 is 1.27 bits per heavy atom. The SMILES string of the molecule is CC(C)(C)OC(=O)NCCC[C@@H](CC(=O)NCCNC(=O)OC(C)(C)C)NC(=O)O. The number of nitrogens with one attached hydrogen (secondary N) is 4. The van der Waals surface area contributed by atoms with Gasteiger partial charge in [-0.3, -0.25) is 4.79 Å². The first-order chi connectivity index (χ1) is 13.7. The van der Waals surface area contributed by atoms with Crippen molar-refractivity contribution in [3.05, 3.63) is 0 Å². The average molecular weight is 433 g/mol. The van der Waals surface area contributed by atoms with Gasteiger partial charge in [0.25, 0.3) is 0 Å². The van der Waals surface area contributed by atoms with Crippen molar-refractivity contribution < 1.29 is 33.8 Å². The van der Waals surface area contributed by atoms with E-state index in [-0.39, 0.29) is 32.0 Å². The third-order valence-corrected chi connectivity index (χ3v) is 3.27. The molecule has 4 amide bonds. The van der Waals surface area contributed by atoms with Gasteiger partial charge in [-0.25, -0.2) is 14.4 Å². The molecule has 11 nitrogen and oxygen atoms in total. The summed E-state index contributed by atoms with van der Waals surface area (Å²) in [6.07, 6.45) is -1.63. The Labute approximate surface area is 177 Å². The molecule has 0 radical (unpaired) electrons. The zero-order valence-corrected chi connectivity index (χ0v) is 18.7. The molecule has 0 bridgehead atoms. The minimum atomic E-state index is -1.24. The highest BCUT2D eigenvalue weighted by molar-refractivity contribution is 5.77. The number of ether oxygens (including phenoxy) is 2. The van der Waals surface area contributed by atoms with E-state index >= 15 is 0 Å². The van der Waals surface area contributed by atoms with Crippen LogP contribution in [0.25, 0.3) is 0 Å². The van der Waals surface area contributed by atoms with E-state index < -0.39 is 35.5 Å². The van der Waals surface area contributed by atoms with Gasteiger partial charge in [-0.05, 0) is 54.4 Å². The van der Waals surface area contributed by atoms with Crippen molar-refractivity contribution >= 4 is 24.2 Å². The Kier molecular flexibility index (Phi) is 11.6. The molecule has 0 aromatic rings. The van der Waals surface area contributed by atoms with E-state index in [1.54, 1.807) is 41.5 Å². The quantitative estimate of drug-likeness (QED) is 0.330. The largest absolute Gasteiger partial charge is 0.465 e. The lowest BCUT2D eigenvalue weighted by Crippen LogP contribution is -2.41. The van der Waals surface area contributed by atoms with Gasteiger partial charge in [0.2, 0.25) is 5.91 Å². The Hall–Kier alpha value is -2.72. The van der Waals surface area contributed by atoms with E-state index in [2.05, 4.69) is 21.3 Å². The average Bonchev–Trinajstić information content (AvgIpc) is 2.51. The fraction of sp³-hybridized carbons (Fsp3) is 0.789. The molecule has 0 aliphatic rings. The second kappa shape index (κ2) is 12.8.